The molecule has 1 amide bonds. The summed E-state index contributed by atoms with van der Waals surface area (Å²) in [6.07, 6.45) is 8.00. The number of piperidine rings is 1. The predicted molar refractivity (Wildman–Crippen MR) is 191 cm³/mol. The van der Waals surface area contributed by atoms with Gasteiger partial charge in [-0.25, -0.2) is 4.98 Å². The molecule has 0 bridgehead atoms. The minimum Gasteiger partial charge on any atom is -0.494 e. The lowest BCUT2D eigenvalue weighted by atomic mass is 9.99. The lowest BCUT2D eigenvalue weighted by Crippen LogP contribution is -2.55. The Morgan fingerprint density at radius 2 is 1.80 bits per heavy atom. The average Bonchev–Trinajstić information content (AvgIpc) is 3.06. The highest BCUT2D eigenvalue weighted by Crippen LogP contribution is 2.38. The van der Waals surface area contributed by atoms with Crippen LogP contribution in [0.1, 0.15) is 25.3 Å². The second-order valence-electron chi connectivity index (χ2n) is 12.0. The fraction of sp³-hybridized carbons (Fsp3) is 0.424. The number of amides is 1. The van der Waals surface area contributed by atoms with Crippen LogP contribution in [0.5, 0.6) is 5.75 Å². The second kappa shape index (κ2) is 14.0. The molecule has 0 spiro atoms. The number of fused-ring (bicyclic) bond motifs is 1. The van der Waals surface area contributed by atoms with Crippen molar-refractivity contribution in [1.82, 2.24) is 29.7 Å². The molecule has 2 aromatic carbocycles. The molecule has 2 aliphatic heterocycles. The molecule has 0 unspecified atom stereocenters. The molecule has 2 fully saturated rings. The van der Waals surface area contributed by atoms with Crippen LogP contribution in [0.3, 0.4) is 0 Å². The van der Waals surface area contributed by atoms with Crippen molar-refractivity contribution in [2.24, 2.45) is 0 Å². The number of aryl methyl sites for hydroxylation is 1. The second-order valence-corrected chi connectivity index (χ2v) is 15.1. The van der Waals surface area contributed by atoms with Crippen LogP contribution >= 0.6 is 23.9 Å². The zero-order valence-corrected chi connectivity index (χ0v) is 29.5. The standard InChI is InChI=1S/C33H41BrN9O2P/c1-6-21-17-26(28(45-3)18-27(21)42-13-9-22(10-14-42)43-16-15-41(2)20-29(43)44)39-33-37-19-23(34)32(40-33)38-25-8-7-24-30(31(25)46(4)5)36-12-11-35-24/h7-8,11-12,17-19,22H,6,9-10,13-16,20H2,1-5H3,(H2,37,38,39,40). The Morgan fingerprint density at radius 3 is 2.52 bits per heavy atom. The van der Waals surface area contributed by atoms with Crippen LogP contribution in [0.4, 0.5) is 28.8 Å². The van der Waals surface area contributed by atoms with Crippen molar-refractivity contribution >= 4 is 74.9 Å². The average molecular weight is 707 g/mol. The first-order valence-electron chi connectivity index (χ1n) is 15.7. The first kappa shape index (κ1) is 32.3. The lowest BCUT2D eigenvalue weighted by Gasteiger charge is -2.43. The van der Waals surface area contributed by atoms with Gasteiger partial charge in [-0.2, -0.15) is 4.98 Å². The molecule has 2 saturated heterocycles. The van der Waals surface area contributed by atoms with Crippen molar-refractivity contribution in [2.75, 3.05) is 75.7 Å². The highest BCUT2D eigenvalue weighted by Gasteiger charge is 2.31. The molecule has 4 heterocycles. The number of anilines is 5. The van der Waals surface area contributed by atoms with Gasteiger partial charge >= 0.3 is 0 Å². The number of nitrogens with one attached hydrogen (secondary N) is 2. The van der Waals surface area contributed by atoms with Crippen molar-refractivity contribution in [1.29, 1.82) is 0 Å². The minimum absolute atomic E-state index is 0.250. The quantitative estimate of drug-likeness (QED) is 0.221. The number of nitrogens with zero attached hydrogens (tertiary/aromatic N) is 7. The van der Waals surface area contributed by atoms with Gasteiger partial charge in [0.1, 0.15) is 11.6 Å². The van der Waals surface area contributed by atoms with E-state index in [9.17, 15) is 4.79 Å². The third-order valence-electron chi connectivity index (χ3n) is 8.78. The highest BCUT2D eigenvalue weighted by atomic mass is 79.9. The van der Waals surface area contributed by atoms with E-state index in [0.29, 0.717) is 24.4 Å². The Hall–Kier alpha value is -3.60. The Kier molecular flexibility index (Phi) is 9.86. The topological polar surface area (TPSA) is 112 Å². The normalized spacial score (nSPS) is 16.4. The third kappa shape index (κ3) is 6.75. The summed E-state index contributed by atoms with van der Waals surface area (Å²) >= 11 is 3.63. The van der Waals surface area contributed by atoms with Crippen molar-refractivity contribution in [3.63, 3.8) is 0 Å². The summed E-state index contributed by atoms with van der Waals surface area (Å²) in [5.41, 5.74) is 5.93. The summed E-state index contributed by atoms with van der Waals surface area (Å²) in [6.45, 7) is 10.7. The summed E-state index contributed by atoms with van der Waals surface area (Å²) in [4.78, 5) is 37.8. The van der Waals surface area contributed by atoms with E-state index in [4.69, 9.17) is 9.72 Å². The van der Waals surface area contributed by atoms with Gasteiger partial charge in [-0.15, -0.1) is 0 Å². The van der Waals surface area contributed by atoms with Gasteiger partial charge < -0.3 is 25.2 Å². The van der Waals surface area contributed by atoms with Crippen molar-refractivity contribution in [3.05, 3.63) is 52.9 Å². The van der Waals surface area contributed by atoms with Gasteiger partial charge in [0.2, 0.25) is 11.9 Å². The Bertz CT molecular complexity index is 1730. The molecule has 2 aliphatic rings. The molecule has 0 saturated carbocycles. The Labute approximate surface area is 280 Å². The maximum absolute atomic E-state index is 12.7. The van der Waals surface area contributed by atoms with Crippen LogP contribution in [0.15, 0.2) is 47.3 Å². The summed E-state index contributed by atoms with van der Waals surface area (Å²) in [7, 11) is 3.22. The van der Waals surface area contributed by atoms with Crippen molar-refractivity contribution in [3.8, 4) is 5.75 Å². The molecular weight excluding hydrogens is 665 g/mol. The maximum Gasteiger partial charge on any atom is 0.237 e. The predicted octanol–water partition coefficient (Wildman–Crippen LogP) is 5.35. The number of ether oxygens (including phenoxy) is 1. The molecule has 0 aliphatic carbocycles. The van der Waals surface area contributed by atoms with Gasteiger partial charge in [-0.3, -0.25) is 19.7 Å². The first-order valence-corrected chi connectivity index (χ1v) is 18.7. The number of benzene rings is 2. The molecule has 4 aromatic rings. The Morgan fingerprint density at radius 1 is 1.02 bits per heavy atom. The number of halogens is 1. The number of likely N-dealkylation sites (N-methyl/N-ethyl adjacent to an activating group) is 1. The third-order valence-corrected chi connectivity index (χ3v) is 10.7. The zero-order chi connectivity index (χ0) is 32.4. The van der Waals surface area contributed by atoms with Crippen LogP contribution < -0.4 is 25.6 Å². The molecule has 13 heteroatoms. The summed E-state index contributed by atoms with van der Waals surface area (Å²) in [6, 6.07) is 8.59. The van der Waals surface area contributed by atoms with Crippen LogP contribution in [-0.4, -0.2) is 102 Å². The first-order chi connectivity index (χ1) is 22.2. The largest absolute Gasteiger partial charge is 0.494 e. The molecule has 242 valence electrons. The number of methoxy groups -OCH3 is 1. The van der Waals surface area contributed by atoms with E-state index in [1.165, 1.54) is 11.3 Å². The van der Waals surface area contributed by atoms with Crippen LogP contribution in [-0.2, 0) is 11.2 Å². The van der Waals surface area contributed by atoms with E-state index >= 15 is 0 Å². The van der Waals surface area contributed by atoms with Crippen LogP contribution in [0, 0.1) is 0 Å². The molecule has 0 radical (unpaired) electrons. The number of carbonyl (C=O) groups is 1. The van der Waals surface area contributed by atoms with Gasteiger partial charge in [0.15, 0.2) is 0 Å². The van der Waals surface area contributed by atoms with E-state index in [1.54, 1.807) is 25.7 Å². The maximum atomic E-state index is 12.7. The number of rotatable bonds is 9. The molecule has 2 aromatic heterocycles. The molecule has 2 N–H and O–H groups in total. The molecule has 46 heavy (non-hydrogen) atoms. The SMILES string of the molecule is CCc1cc(Nc2ncc(Br)c(Nc3ccc4nccnc4c3P(C)C)n2)c(OC)cc1N1CCC(N2CCN(C)CC2=O)CC1. The fourth-order valence-corrected chi connectivity index (χ4v) is 7.90. The summed E-state index contributed by atoms with van der Waals surface area (Å²) in [5, 5.41) is 8.08. The van der Waals surface area contributed by atoms with E-state index in [-0.39, 0.29) is 5.91 Å². The Balaban J connectivity index is 1.21. The number of hydrogen-bond donors (Lipinski definition) is 2. The van der Waals surface area contributed by atoms with Crippen LogP contribution in [0.25, 0.3) is 11.0 Å². The molecule has 6 rings (SSSR count). The molecule has 11 nitrogen and oxygen atoms in total. The fourth-order valence-electron chi connectivity index (χ4n) is 6.41. The lowest BCUT2D eigenvalue weighted by molar-refractivity contribution is -0.138. The van der Waals surface area contributed by atoms with E-state index in [2.05, 4.69) is 88.6 Å². The smallest absolute Gasteiger partial charge is 0.237 e. The van der Waals surface area contributed by atoms with Crippen LogP contribution in [0.2, 0.25) is 0 Å². The number of piperazine rings is 1. The monoisotopic (exact) mass is 705 g/mol. The van der Waals surface area contributed by atoms with Gasteiger partial charge in [0.05, 0.1) is 34.8 Å². The van der Waals surface area contributed by atoms with Gasteiger partial charge in [0, 0.05) is 73.6 Å². The van der Waals surface area contributed by atoms with Crippen molar-refractivity contribution in [2.45, 2.75) is 32.2 Å². The highest BCUT2D eigenvalue weighted by molar-refractivity contribution is 9.10. The number of aromatic nitrogens is 4. The number of carbonyl (C=O) groups excluding carboxylic acids is 1. The zero-order valence-electron chi connectivity index (χ0n) is 27.0. The van der Waals surface area contributed by atoms with Gasteiger partial charge in [-0.05, 0) is 79.3 Å². The van der Waals surface area contributed by atoms with E-state index in [0.717, 1.165) is 83.4 Å². The molecule has 0 atom stereocenters. The van der Waals surface area contributed by atoms with E-state index < -0.39 is 7.92 Å². The summed E-state index contributed by atoms with van der Waals surface area (Å²) in [5.74, 6) is 2.07. The van der Waals surface area contributed by atoms with Gasteiger partial charge in [0.25, 0.3) is 0 Å². The number of hydrogen-bond acceptors (Lipinski definition) is 10. The minimum atomic E-state index is -0.479. The van der Waals surface area contributed by atoms with Gasteiger partial charge in [-0.1, -0.05) is 14.8 Å². The molecular formula is C33H41BrN9O2P. The van der Waals surface area contributed by atoms with Crippen molar-refractivity contribution < 1.29 is 9.53 Å². The van der Waals surface area contributed by atoms with E-state index in [1.807, 2.05) is 19.2 Å². The summed E-state index contributed by atoms with van der Waals surface area (Å²) < 4.78 is 6.63.